The van der Waals surface area contributed by atoms with Gasteiger partial charge in [0, 0.05) is 32.9 Å². The highest BCUT2D eigenvalue weighted by molar-refractivity contribution is 7.89. The number of benzene rings is 1. The van der Waals surface area contributed by atoms with Crippen LogP contribution in [0.25, 0.3) is 0 Å². The van der Waals surface area contributed by atoms with Gasteiger partial charge in [-0.1, -0.05) is 12.1 Å². The first-order valence-electron chi connectivity index (χ1n) is 8.59. The van der Waals surface area contributed by atoms with E-state index in [1.54, 1.807) is 18.0 Å². The maximum absolute atomic E-state index is 12.6. The molecule has 10 heteroatoms. The van der Waals surface area contributed by atoms with Crippen molar-refractivity contribution in [2.45, 2.75) is 17.6 Å². The van der Waals surface area contributed by atoms with Crippen molar-refractivity contribution < 1.29 is 26.3 Å². The van der Waals surface area contributed by atoms with Crippen LogP contribution in [-0.4, -0.2) is 51.1 Å². The fourth-order valence-corrected chi connectivity index (χ4v) is 4.19. The van der Waals surface area contributed by atoms with Crippen molar-refractivity contribution in [1.82, 2.24) is 9.29 Å². The van der Waals surface area contributed by atoms with Crippen molar-refractivity contribution >= 4 is 15.8 Å². The molecule has 1 aromatic heterocycles. The number of rotatable bonds is 5. The van der Waals surface area contributed by atoms with E-state index in [9.17, 15) is 21.6 Å². The minimum Gasteiger partial charge on any atom is -0.379 e. The Morgan fingerprint density at radius 1 is 1.11 bits per heavy atom. The van der Waals surface area contributed by atoms with Gasteiger partial charge in [0.25, 0.3) is 0 Å². The molecule has 1 aliphatic heterocycles. The molecule has 28 heavy (non-hydrogen) atoms. The summed E-state index contributed by atoms with van der Waals surface area (Å²) in [4.78, 5) is 6.03. The molecule has 0 radical (unpaired) electrons. The molecule has 1 aliphatic rings. The van der Waals surface area contributed by atoms with Crippen molar-refractivity contribution in [3.63, 3.8) is 0 Å². The molecule has 1 fully saturated rings. The van der Waals surface area contributed by atoms with Crippen LogP contribution in [0.5, 0.6) is 0 Å². The normalized spacial score (nSPS) is 16.1. The second kappa shape index (κ2) is 8.06. The van der Waals surface area contributed by atoms with Gasteiger partial charge in [-0.3, -0.25) is 0 Å². The predicted octanol–water partition coefficient (Wildman–Crippen LogP) is 2.76. The number of pyridine rings is 1. The zero-order valence-corrected chi connectivity index (χ0v) is 16.0. The van der Waals surface area contributed by atoms with Gasteiger partial charge in [-0.15, -0.1) is 0 Å². The molecule has 0 unspecified atom stereocenters. The molecular weight excluding hydrogens is 395 g/mol. The van der Waals surface area contributed by atoms with E-state index in [1.165, 1.54) is 28.7 Å². The average molecular weight is 415 g/mol. The molecule has 0 bridgehead atoms. The molecule has 0 amide bonds. The van der Waals surface area contributed by atoms with E-state index in [-0.39, 0.29) is 4.90 Å². The van der Waals surface area contributed by atoms with Gasteiger partial charge in [0.1, 0.15) is 10.7 Å². The lowest BCUT2D eigenvalue weighted by molar-refractivity contribution is -0.137. The fraction of sp³-hybridized carbons (Fsp3) is 0.389. The first kappa shape index (κ1) is 20.6. The summed E-state index contributed by atoms with van der Waals surface area (Å²) in [5.41, 5.74) is -0.0167. The van der Waals surface area contributed by atoms with Crippen LogP contribution in [0.4, 0.5) is 19.0 Å². The minimum absolute atomic E-state index is 0.0982. The van der Waals surface area contributed by atoms with Gasteiger partial charge < -0.3 is 9.64 Å². The van der Waals surface area contributed by atoms with Crippen molar-refractivity contribution in [3.8, 4) is 0 Å². The third-order valence-corrected chi connectivity index (χ3v) is 6.30. The molecule has 0 atom stereocenters. The lowest BCUT2D eigenvalue weighted by Gasteiger charge is -2.26. The molecule has 2 heterocycles. The standard InChI is InChI=1S/C18H20F3N3O3S/c1-23(13-14-2-4-15(5-3-14)18(19,20)21)17-7-6-16(12-22-17)28(25,26)24-8-10-27-11-9-24/h2-7,12H,8-11,13H2,1H3. The van der Waals surface area contributed by atoms with Gasteiger partial charge in [0.05, 0.1) is 18.8 Å². The largest absolute Gasteiger partial charge is 0.416 e. The van der Waals surface area contributed by atoms with Crippen LogP contribution >= 0.6 is 0 Å². The Hall–Kier alpha value is -2.17. The highest BCUT2D eigenvalue weighted by Crippen LogP contribution is 2.29. The Labute approximate surface area is 161 Å². The topological polar surface area (TPSA) is 62.7 Å². The Bertz CT molecular complexity index is 894. The molecule has 1 aromatic carbocycles. The maximum atomic E-state index is 12.6. The summed E-state index contributed by atoms with van der Waals surface area (Å²) in [6.45, 7) is 1.66. The third-order valence-electron chi connectivity index (χ3n) is 4.42. The monoisotopic (exact) mass is 415 g/mol. The van der Waals surface area contributed by atoms with Gasteiger partial charge in [-0.25, -0.2) is 13.4 Å². The van der Waals surface area contributed by atoms with Gasteiger partial charge >= 0.3 is 6.18 Å². The Morgan fingerprint density at radius 3 is 2.29 bits per heavy atom. The molecule has 2 aromatic rings. The number of sulfonamides is 1. The first-order valence-corrected chi connectivity index (χ1v) is 10.0. The molecule has 0 spiro atoms. The predicted molar refractivity (Wildman–Crippen MR) is 97.4 cm³/mol. The maximum Gasteiger partial charge on any atom is 0.416 e. The van der Waals surface area contributed by atoms with Crippen molar-refractivity contribution in [1.29, 1.82) is 0 Å². The molecule has 0 aliphatic carbocycles. The molecular formula is C18H20F3N3O3S. The van der Waals surface area contributed by atoms with Crippen LogP contribution < -0.4 is 4.90 Å². The van der Waals surface area contributed by atoms with Crippen LogP contribution in [-0.2, 0) is 27.5 Å². The van der Waals surface area contributed by atoms with E-state index in [4.69, 9.17) is 4.74 Å². The van der Waals surface area contributed by atoms with Crippen molar-refractivity contribution in [2.75, 3.05) is 38.3 Å². The highest BCUT2D eigenvalue weighted by Gasteiger charge is 2.30. The smallest absolute Gasteiger partial charge is 0.379 e. The number of ether oxygens (including phenoxy) is 1. The zero-order valence-electron chi connectivity index (χ0n) is 15.2. The van der Waals surface area contributed by atoms with Crippen LogP contribution in [0.3, 0.4) is 0 Å². The lowest BCUT2D eigenvalue weighted by atomic mass is 10.1. The van der Waals surface area contributed by atoms with E-state index >= 15 is 0 Å². The van der Waals surface area contributed by atoms with Gasteiger partial charge in [0.2, 0.25) is 10.0 Å². The number of halogens is 3. The quantitative estimate of drug-likeness (QED) is 0.752. The Morgan fingerprint density at radius 2 is 1.75 bits per heavy atom. The van der Waals surface area contributed by atoms with Crippen molar-refractivity contribution in [2.24, 2.45) is 0 Å². The summed E-state index contributed by atoms with van der Waals surface area (Å²) >= 11 is 0. The van der Waals surface area contributed by atoms with Crippen LogP contribution in [0, 0.1) is 0 Å². The van der Waals surface area contributed by atoms with E-state index < -0.39 is 21.8 Å². The highest BCUT2D eigenvalue weighted by atomic mass is 32.2. The molecule has 0 N–H and O–H groups in total. The second-order valence-corrected chi connectivity index (χ2v) is 8.36. The van der Waals surface area contributed by atoms with E-state index in [0.717, 1.165) is 12.1 Å². The molecule has 0 saturated carbocycles. The number of hydrogen-bond acceptors (Lipinski definition) is 5. The Kier molecular flexibility index (Phi) is 5.92. The van der Waals surface area contributed by atoms with Crippen molar-refractivity contribution in [3.05, 3.63) is 53.7 Å². The van der Waals surface area contributed by atoms with E-state index in [0.29, 0.717) is 44.2 Å². The van der Waals surface area contributed by atoms with Gasteiger partial charge in [-0.05, 0) is 29.8 Å². The molecule has 1 saturated heterocycles. The van der Waals surface area contributed by atoms with Crippen LogP contribution in [0.15, 0.2) is 47.5 Å². The summed E-state index contributed by atoms with van der Waals surface area (Å²) in [5.74, 6) is 0.515. The SMILES string of the molecule is CN(Cc1ccc(C(F)(F)F)cc1)c1ccc(S(=O)(=O)N2CCOCC2)cn1. The second-order valence-electron chi connectivity index (χ2n) is 6.42. The number of anilines is 1. The van der Waals surface area contributed by atoms with Gasteiger partial charge in [-0.2, -0.15) is 17.5 Å². The van der Waals surface area contributed by atoms with E-state index in [1.807, 2.05) is 0 Å². The molecule has 3 rings (SSSR count). The molecule has 6 nitrogen and oxygen atoms in total. The number of alkyl halides is 3. The number of nitrogens with zero attached hydrogens (tertiary/aromatic N) is 3. The lowest BCUT2D eigenvalue weighted by Crippen LogP contribution is -2.40. The summed E-state index contributed by atoms with van der Waals surface area (Å²) in [5, 5.41) is 0. The summed E-state index contributed by atoms with van der Waals surface area (Å²) in [6, 6.07) is 7.96. The van der Waals surface area contributed by atoms with E-state index in [2.05, 4.69) is 4.98 Å². The Balaban J connectivity index is 1.69. The van der Waals surface area contributed by atoms with Crippen LogP contribution in [0.1, 0.15) is 11.1 Å². The summed E-state index contributed by atoms with van der Waals surface area (Å²) in [6.07, 6.45) is -3.07. The summed E-state index contributed by atoms with van der Waals surface area (Å²) in [7, 11) is -1.88. The number of aromatic nitrogens is 1. The van der Waals surface area contributed by atoms with Gasteiger partial charge in [0.15, 0.2) is 0 Å². The fourth-order valence-electron chi connectivity index (χ4n) is 2.84. The molecule has 152 valence electrons. The zero-order chi connectivity index (χ0) is 20.4. The first-order chi connectivity index (χ1) is 13.2. The number of hydrogen-bond donors (Lipinski definition) is 0. The average Bonchev–Trinajstić information content (AvgIpc) is 2.68. The van der Waals surface area contributed by atoms with Crippen LogP contribution in [0.2, 0.25) is 0 Å². The minimum atomic E-state index is -4.37. The number of morpholine rings is 1. The summed E-state index contributed by atoms with van der Waals surface area (Å²) < 4.78 is 69.6. The third kappa shape index (κ3) is 4.62.